The molecule has 0 fully saturated rings. The zero-order valence-electron chi connectivity index (χ0n) is 3.44. The van der Waals surface area contributed by atoms with Crippen LogP contribution in [0.15, 0.2) is 4.53 Å². The van der Waals surface area contributed by atoms with E-state index in [9.17, 15) is 13.2 Å². The molecule has 1 N–H and O–H groups in total. The fourth-order valence-corrected chi connectivity index (χ4v) is 0.187. The van der Waals surface area contributed by atoms with Crippen LogP contribution in [0.2, 0.25) is 0 Å². The molecule has 8 heavy (non-hydrogen) atoms. The smallest absolute Gasteiger partial charge is 0.448 e. The highest BCUT2D eigenvalue weighted by Crippen LogP contribution is 1.73. The molecule has 0 aliphatic carbocycles. The maximum atomic E-state index is 9.35. The summed E-state index contributed by atoms with van der Waals surface area (Å²) in [4.78, 5) is 12.5. The van der Waals surface area contributed by atoms with Crippen LogP contribution in [-0.2, 0) is 15.3 Å². The van der Waals surface area contributed by atoms with E-state index < -0.39 is 16.7 Å². The van der Waals surface area contributed by atoms with Gasteiger partial charge in [0.15, 0.2) is 0 Å². The predicted molar refractivity (Wildman–Crippen MR) is 20.5 cm³/mol. The lowest BCUT2D eigenvalue weighted by atomic mass is 11.4. The van der Waals surface area contributed by atoms with Crippen molar-refractivity contribution in [1.82, 2.24) is 0 Å². The first-order chi connectivity index (χ1) is 3.63. The lowest BCUT2D eigenvalue weighted by Crippen LogP contribution is -1.91. The van der Waals surface area contributed by atoms with Crippen LogP contribution in [0, 0.1) is 0 Å². The van der Waals surface area contributed by atoms with Crippen LogP contribution < -0.4 is 0 Å². The van der Waals surface area contributed by atoms with Gasteiger partial charge in [0.25, 0.3) is 0 Å². The summed E-state index contributed by atoms with van der Waals surface area (Å²) in [7, 11) is -2.81. The van der Waals surface area contributed by atoms with Crippen molar-refractivity contribution in [2.24, 2.45) is 4.53 Å². The van der Waals surface area contributed by atoms with Gasteiger partial charge in [0.05, 0.1) is 4.53 Å². The largest absolute Gasteiger partial charge is 0.533 e. The Labute approximate surface area is 45.4 Å². The van der Waals surface area contributed by atoms with Gasteiger partial charge in [-0.25, -0.2) is 4.79 Å². The minimum Gasteiger partial charge on any atom is -0.448 e. The monoisotopic (exact) mass is 139 g/mol. The fourth-order valence-electron chi connectivity index (χ4n) is 0.0623. The van der Waals surface area contributed by atoms with Gasteiger partial charge in [0.2, 0.25) is 0 Å². The van der Waals surface area contributed by atoms with Crippen molar-refractivity contribution in [2.75, 3.05) is 0 Å². The van der Waals surface area contributed by atoms with Crippen molar-refractivity contribution < 1.29 is 23.2 Å². The summed E-state index contributed by atoms with van der Waals surface area (Å²) >= 11 is 0. The quantitative estimate of drug-likeness (QED) is 0.501. The predicted octanol–water partition coefficient (Wildman–Crippen LogP) is -0.341. The molecule has 46 valence electrons. The summed E-state index contributed by atoms with van der Waals surface area (Å²) in [5.74, 6) is 0. The highest BCUT2D eigenvalue weighted by molar-refractivity contribution is 7.61. The van der Waals surface area contributed by atoms with Gasteiger partial charge in [0.1, 0.15) is 0 Å². The second-order valence-electron chi connectivity index (χ2n) is 0.649. The number of hydrogen-bond acceptors (Lipinski definition) is 5. The van der Waals surface area contributed by atoms with Crippen LogP contribution in [0.1, 0.15) is 0 Å². The first kappa shape index (κ1) is 6.89. The molecule has 0 aromatic heterocycles. The summed E-state index contributed by atoms with van der Waals surface area (Å²) in [5, 5.41) is 7.57. The maximum absolute atomic E-state index is 9.35. The van der Waals surface area contributed by atoms with E-state index in [1.54, 1.807) is 0 Å². The first-order valence-corrected chi connectivity index (χ1v) is 2.36. The van der Waals surface area contributed by atoms with Crippen LogP contribution >= 0.6 is 0 Å². The molecule has 7 heteroatoms. The Morgan fingerprint density at radius 1 is 1.62 bits per heavy atom. The van der Waals surface area contributed by atoms with Crippen LogP contribution in [0.3, 0.4) is 0 Å². The van der Waals surface area contributed by atoms with Crippen molar-refractivity contribution in [3.8, 4) is 0 Å². The van der Waals surface area contributed by atoms with Crippen molar-refractivity contribution in [3.05, 3.63) is 0 Å². The maximum Gasteiger partial charge on any atom is 0.533 e. The first-order valence-electron chi connectivity index (χ1n) is 1.33. The standard InChI is InChI=1S/CHNO5S/c3-1(4)7-2-8(5)6/h(H,3,4). The van der Waals surface area contributed by atoms with Crippen LogP contribution in [-0.4, -0.2) is 19.7 Å². The van der Waals surface area contributed by atoms with Gasteiger partial charge in [-0.15, -0.1) is 0 Å². The summed E-state index contributed by atoms with van der Waals surface area (Å²) in [5.41, 5.74) is 0. The average Bonchev–Trinajstić information content (AvgIpc) is 1.61. The Hall–Kier alpha value is -1.11. The minimum absolute atomic E-state index is 1.76. The van der Waals surface area contributed by atoms with E-state index in [1.807, 2.05) is 0 Å². The van der Waals surface area contributed by atoms with E-state index in [0.29, 0.717) is 0 Å². The molecule has 0 aliphatic rings. The lowest BCUT2D eigenvalue weighted by molar-refractivity contribution is 0.0965. The zero-order chi connectivity index (χ0) is 6.57. The number of carbonyl (C=O) groups is 1. The Balaban J connectivity index is 3.81. The number of nitrogens with zero attached hydrogens (tertiary/aromatic N) is 1. The van der Waals surface area contributed by atoms with E-state index in [2.05, 4.69) is 9.36 Å². The molecule has 0 radical (unpaired) electrons. The molecule has 0 unspecified atom stereocenters. The van der Waals surface area contributed by atoms with E-state index in [4.69, 9.17) is 5.11 Å². The van der Waals surface area contributed by atoms with Gasteiger partial charge in [0, 0.05) is 0 Å². The zero-order valence-corrected chi connectivity index (χ0v) is 4.25. The van der Waals surface area contributed by atoms with E-state index in [0.717, 1.165) is 0 Å². The van der Waals surface area contributed by atoms with Crippen LogP contribution in [0.4, 0.5) is 4.79 Å². The molecule has 0 saturated heterocycles. The lowest BCUT2D eigenvalue weighted by Gasteiger charge is -1.76. The van der Waals surface area contributed by atoms with Crippen molar-refractivity contribution >= 4 is 16.7 Å². The highest BCUT2D eigenvalue weighted by atomic mass is 32.2. The summed E-state index contributed by atoms with van der Waals surface area (Å²) in [6, 6.07) is 0. The number of rotatable bonds is 1. The number of hydrogen-bond donors (Lipinski definition) is 1. The molecular weight excluding hydrogens is 138 g/mol. The average molecular weight is 139 g/mol. The second-order valence-corrected chi connectivity index (χ2v) is 1.23. The van der Waals surface area contributed by atoms with Crippen molar-refractivity contribution in [1.29, 1.82) is 0 Å². The fraction of sp³-hybridized carbons (Fsp3) is 0. The van der Waals surface area contributed by atoms with Crippen LogP contribution in [0.5, 0.6) is 0 Å². The molecule has 6 nitrogen and oxygen atoms in total. The van der Waals surface area contributed by atoms with Gasteiger partial charge in [-0.2, -0.15) is 8.42 Å². The molecule has 0 rings (SSSR count). The molecule has 0 aromatic rings. The third kappa shape index (κ3) is 4.89. The van der Waals surface area contributed by atoms with Crippen LogP contribution in [0.25, 0.3) is 0 Å². The van der Waals surface area contributed by atoms with Crippen molar-refractivity contribution in [3.63, 3.8) is 0 Å². The van der Waals surface area contributed by atoms with E-state index in [1.165, 1.54) is 0 Å². The Morgan fingerprint density at radius 2 is 2.12 bits per heavy atom. The van der Waals surface area contributed by atoms with Gasteiger partial charge in [-0.05, 0) is 0 Å². The SMILES string of the molecule is O=C(O)ON=S(=O)=O. The molecule has 0 amide bonds. The third-order valence-corrected chi connectivity index (χ3v) is 0.372. The summed E-state index contributed by atoms with van der Waals surface area (Å²) in [6.45, 7) is 0. The van der Waals surface area contributed by atoms with Gasteiger partial charge in [-0.1, -0.05) is 0 Å². The topological polar surface area (TPSA) is 93.0 Å². The number of carboxylic acid groups (broad SMARTS) is 1. The molecule has 0 spiro atoms. The molecule has 0 heterocycles. The Bertz CT molecular complexity index is 192. The van der Waals surface area contributed by atoms with Gasteiger partial charge >= 0.3 is 16.7 Å². The second kappa shape index (κ2) is 2.97. The summed E-state index contributed by atoms with van der Waals surface area (Å²) in [6.07, 6.45) is -1.76. The molecule has 0 atom stereocenters. The molecule has 0 saturated carbocycles. The van der Waals surface area contributed by atoms with Gasteiger partial charge < -0.3 is 5.11 Å². The van der Waals surface area contributed by atoms with Crippen molar-refractivity contribution in [2.45, 2.75) is 0 Å². The van der Waals surface area contributed by atoms with E-state index >= 15 is 0 Å². The highest BCUT2D eigenvalue weighted by Gasteiger charge is 1.90. The third-order valence-electron chi connectivity index (χ3n) is 0.176. The Morgan fingerprint density at radius 3 is 2.25 bits per heavy atom. The summed E-state index contributed by atoms with van der Waals surface area (Å²) < 4.78 is 20.8. The molecule has 0 aliphatic heterocycles. The van der Waals surface area contributed by atoms with E-state index in [-0.39, 0.29) is 0 Å². The molecule has 0 bridgehead atoms. The molecule has 0 aromatic carbocycles. The normalized spacial score (nSPS) is 7.50. The Kier molecular flexibility index (Phi) is 2.56. The van der Waals surface area contributed by atoms with Gasteiger partial charge in [-0.3, -0.25) is 4.84 Å². The minimum atomic E-state index is -2.81. The molecular formula is CHNO5S.